The maximum atomic E-state index is 12.4. The summed E-state index contributed by atoms with van der Waals surface area (Å²) >= 11 is 1.45. The molecule has 0 aromatic carbocycles. The fourth-order valence-electron chi connectivity index (χ4n) is 2.42. The second-order valence-electron chi connectivity index (χ2n) is 4.40. The van der Waals surface area contributed by atoms with Crippen LogP contribution >= 0.6 is 11.3 Å². The summed E-state index contributed by atoms with van der Waals surface area (Å²) in [6.07, 6.45) is 4.92. The number of hydrogen-bond donors (Lipinski definition) is 1. The Bertz CT molecular complexity index is 508. The van der Waals surface area contributed by atoms with Crippen LogP contribution in [0.4, 0.5) is 0 Å². The maximum Gasteiger partial charge on any atom is 0.273 e. The molecule has 1 atom stereocenters. The van der Waals surface area contributed by atoms with Gasteiger partial charge in [0.25, 0.3) is 5.91 Å². The number of amides is 1. The molecule has 2 aromatic rings. The van der Waals surface area contributed by atoms with Gasteiger partial charge in [-0.1, -0.05) is 0 Å². The number of piperidine rings is 1. The van der Waals surface area contributed by atoms with E-state index < -0.39 is 0 Å². The Morgan fingerprint density at radius 2 is 2.44 bits per heavy atom. The predicted octanol–water partition coefficient (Wildman–Crippen LogP) is 2.23. The minimum atomic E-state index is 0.0237. The molecule has 1 aliphatic rings. The van der Waals surface area contributed by atoms with E-state index in [2.05, 4.69) is 15.2 Å². The highest BCUT2D eigenvalue weighted by atomic mass is 32.1. The summed E-state index contributed by atoms with van der Waals surface area (Å²) in [4.78, 5) is 18.4. The number of H-pyrrole nitrogens is 1. The van der Waals surface area contributed by atoms with Crippen LogP contribution in [0, 0.1) is 0 Å². The molecule has 3 rings (SSSR count). The van der Waals surface area contributed by atoms with Gasteiger partial charge in [0.05, 0.1) is 17.2 Å². The van der Waals surface area contributed by atoms with Gasteiger partial charge in [-0.15, -0.1) is 11.3 Å². The molecule has 0 radical (unpaired) electrons. The van der Waals surface area contributed by atoms with Crippen LogP contribution in [0.5, 0.6) is 0 Å². The SMILES string of the molecule is O=C(c1cscn1)N1CCCC[C@H]1c1ccn[nH]1. The molecule has 0 saturated carbocycles. The Labute approximate surface area is 109 Å². The normalized spacial score (nSPS) is 20.0. The first-order valence-corrected chi connectivity index (χ1v) is 6.99. The Balaban J connectivity index is 1.86. The Morgan fingerprint density at radius 3 is 3.17 bits per heavy atom. The highest BCUT2D eigenvalue weighted by Crippen LogP contribution is 2.30. The number of rotatable bonds is 2. The topological polar surface area (TPSA) is 61.9 Å². The molecule has 1 aliphatic heterocycles. The zero-order chi connectivity index (χ0) is 12.4. The van der Waals surface area contributed by atoms with Crippen molar-refractivity contribution in [2.75, 3.05) is 6.54 Å². The van der Waals surface area contributed by atoms with Crippen LogP contribution in [0.15, 0.2) is 23.2 Å². The van der Waals surface area contributed by atoms with E-state index in [1.54, 1.807) is 17.1 Å². The number of likely N-dealkylation sites (tertiary alicyclic amines) is 1. The van der Waals surface area contributed by atoms with E-state index >= 15 is 0 Å². The molecule has 3 heterocycles. The molecule has 1 saturated heterocycles. The molecule has 94 valence electrons. The second-order valence-corrected chi connectivity index (χ2v) is 5.11. The molecule has 0 aliphatic carbocycles. The minimum Gasteiger partial charge on any atom is -0.329 e. The van der Waals surface area contributed by atoms with Crippen LogP contribution in [0.2, 0.25) is 0 Å². The fraction of sp³-hybridized carbons (Fsp3) is 0.417. The van der Waals surface area contributed by atoms with Crippen LogP contribution in [-0.2, 0) is 0 Å². The van der Waals surface area contributed by atoms with Crippen molar-refractivity contribution in [2.45, 2.75) is 25.3 Å². The lowest BCUT2D eigenvalue weighted by Gasteiger charge is -2.34. The van der Waals surface area contributed by atoms with Gasteiger partial charge >= 0.3 is 0 Å². The van der Waals surface area contributed by atoms with Gasteiger partial charge in [-0.25, -0.2) is 4.98 Å². The van der Waals surface area contributed by atoms with Gasteiger partial charge in [0.2, 0.25) is 0 Å². The summed E-state index contributed by atoms with van der Waals surface area (Å²) in [6, 6.07) is 2.05. The molecule has 1 N–H and O–H groups in total. The first-order chi connectivity index (χ1) is 8.86. The van der Waals surface area contributed by atoms with Gasteiger partial charge in [0.15, 0.2) is 0 Å². The molecule has 18 heavy (non-hydrogen) atoms. The third kappa shape index (κ3) is 2.03. The Hall–Kier alpha value is -1.69. The molecule has 5 nitrogen and oxygen atoms in total. The van der Waals surface area contributed by atoms with Crippen LogP contribution in [-0.4, -0.2) is 32.5 Å². The van der Waals surface area contributed by atoms with Crippen LogP contribution in [0.1, 0.15) is 41.5 Å². The van der Waals surface area contributed by atoms with E-state index in [-0.39, 0.29) is 11.9 Å². The number of carbonyl (C=O) groups is 1. The number of thiazole rings is 1. The summed E-state index contributed by atoms with van der Waals surface area (Å²) in [6.45, 7) is 0.792. The number of aromatic nitrogens is 3. The van der Waals surface area contributed by atoms with Gasteiger partial charge in [-0.3, -0.25) is 9.89 Å². The quantitative estimate of drug-likeness (QED) is 0.902. The molecule has 1 amide bonds. The van der Waals surface area contributed by atoms with Crippen molar-refractivity contribution in [3.05, 3.63) is 34.5 Å². The lowest BCUT2D eigenvalue weighted by atomic mass is 9.99. The monoisotopic (exact) mass is 262 g/mol. The van der Waals surface area contributed by atoms with Crippen molar-refractivity contribution in [2.24, 2.45) is 0 Å². The van der Waals surface area contributed by atoms with E-state index in [1.165, 1.54) is 11.3 Å². The molecule has 0 spiro atoms. The average Bonchev–Trinajstić information content (AvgIpc) is 3.11. The van der Waals surface area contributed by atoms with E-state index in [1.807, 2.05) is 11.0 Å². The predicted molar refractivity (Wildman–Crippen MR) is 68.3 cm³/mol. The van der Waals surface area contributed by atoms with Gasteiger partial charge in [0, 0.05) is 18.1 Å². The third-order valence-corrected chi connectivity index (χ3v) is 3.88. The van der Waals surface area contributed by atoms with E-state index in [4.69, 9.17) is 0 Å². The zero-order valence-electron chi connectivity index (χ0n) is 9.87. The van der Waals surface area contributed by atoms with Gasteiger partial charge in [-0.05, 0) is 25.3 Å². The molecular formula is C12H14N4OS. The van der Waals surface area contributed by atoms with Crippen molar-refractivity contribution in [1.82, 2.24) is 20.1 Å². The highest BCUT2D eigenvalue weighted by Gasteiger charge is 2.30. The smallest absolute Gasteiger partial charge is 0.273 e. The van der Waals surface area contributed by atoms with Crippen molar-refractivity contribution in [3.63, 3.8) is 0 Å². The summed E-state index contributed by atoms with van der Waals surface area (Å²) in [5, 5.41) is 8.76. The lowest BCUT2D eigenvalue weighted by Crippen LogP contribution is -2.38. The van der Waals surface area contributed by atoms with Gasteiger partial charge < -0.3 is 4.90 Å². The molecule has 1 fully saturated rings. The van der Waals surface area contributed by atoms with Crippen molar-refractivity contribution in [1.29, 1.82) is 0 Å². The molecular weight excluding hydrogens is 248 g/mol. The number of aromatic amines is 1. The first-order valence-electron chi connectivity index (χ1n) is 6.04. The van der Waals surface area contributed by atoms with Crippen molar-refractivity contribution in [3.8, 4) is 0 Å². The average molecular weight is 262 g/mol. The highest BCUT2D eigenvalue weighted by molar-refractivity contribution is 7.07. The zero-order valence-corrected chi connectivity index (χ0v) is 10.7. The maximum absolute atomic E-state index is 12.4. The standard InChI is InChI=1S/C12H14N4OS/c17-12(10-7-18-8-13-10)16-6-2-1-3-11(16)9-4-5-14-15-9/h4-5,7-8,11H,1-3,6H2,(H,14,15)/t11-/m0/s1. The first kappa shape index (κ1) is 11.4. The van der Waals surface area contributed by atoms with Crippen LogP contribution in [0.25, 0.3) is 0 Å². The van der Waals surface area contributed by atoms with Gasteiger partial charge in [-0.2, -0.15) is 5.10 Å². The molecule has 0 bridgehead atoms. The molecule has 2 aromatic heterocycles. The van der Waals surface area contributed by atoms with E-state index in [0.29, 0.717) is 5.69 Å². The Morgan fingerprint density at radius 1 is 1.50 bits per heavy atom. The number of carbonyl (C=O) groups excluding carboxylic acids is 1. The van der Waals surface area contributed by atoms with Crippen LogP contribution < -0.4 is 0 Å². The largest absolute Gasteiger partial charge is 0.329 e. The van der Waals surface area contributed by atoms with Crippen molar-refractivity contribution < 1.29 is 4.79 Å². The fourth-order valence-corrected chi connectivity index (χ4v) is 2.94. The number of hydrogen-bond acceptors (Lipinski definition) is 4. The lowest BCUT2D eigenvalue weighted by molar-refractivity contribution is 0.0601. The second kappa shape index (κ2) is 4.89. The third-order valence-electron chi connectivity index (χ3n) is 3.30. The van der Waals surface area contributed by atoms with E-state index in [9.17, 15) is 4.79 Å². The molecule has 6 heteroatoms. The number of nitrogens with one attached hydrogen (secondary N) is 1. The van der Waals surface area contributed by atoms with Gasteiger partial charge in [0.1, 0.15) is 5.69 Å². The van der Waals surface area contributed by atoms with E-state index in [0.717, 1.165) is 31.5 Å². The summed E-state index contributed by atoms with van der Waals surface area (Å²) < 4.78 is 0. The Kier molecular flexibility index (Phi) is 3.10. The summed E-state index contributed by atoms with van der Waals surface area (Å²) in [5.74, 6) is 0.0237. The number of nitrogens with zero attached hydrogens (tertiary/aromatic N) is 3. The van der Waals surface area contributed by atoms with Crippen molar-refractivity contribution >= 4 is 17.2 Å². The van der Waals surface area contributed by atoms with Crippen LogP contribution in [0.3, 0.4) is 0 Å². The summed E-state index contributed by atoms with van der Waals surface area (Å²) in [5.41, 5.74) is 3.26. The molecule has 0 unspecified atom stereocenters. The summed E-state index contributed by atoms with van der Waals surface area (Å²) in [7, 11) is 0. The minimum absolute atomic E-state index is 0.0237.